The van der Waals surface area contributed by atoms with E-state index in [9.17, 15) is 4.79 Å². The van der Waals surface area contributed by atoms with Crippen LogP contribution in [0.25, 0.3) is 0 Å². The molecule has 8 heteroatoms. The van der Waals surface area contributed by atoms with Crippen molar-refractivity contribution in [1.82, 2.24) is 19.6 Å². The Balaban J connectivity index is 1.81. The minimum atomic E-state index is -0.191. The summed E-state index contributed by atoms with van der Waals surface area (Å²) < 4.78 is 12.2. The SMILES string of the molecule is COCCc1noc(C2CCCCN2C(=O)c2cc(Cl)cn2C)n1. The number of aromatic nitrogens is 3. The van der Waals surface area contributed by atoms with E-state index in [4.69, 9.17) is 20.9 Å². The largest absolute Gasteiger partial charge is 0.384 e. The van der Waals surface area contributed by atoms with Gasteiger partial charge in [-0.15, -0.1) is 0 Å². The Morgan fingerprint density at radius 1 is 1.50 bits per heavy atom. The maximum atomic E-state index is 12.9. The van der Waals surface area contributed by atoms with Gasteiger partial charge in [0.2, 0.25) is 5.89 Å². The third-order valence-corrected chi connectivity index (χ3v) is 4.46. The quantitative estimate of drug-likeness (QED) is 0.827. The zero-order valence-electron chi connectivity index (χ0n) is 13.9. The zero-order valence-corrected chi connectivity index (χ0v) is 14.6. The van der Waals surface area contributed by atoms with E-state index >= 15 is 0 Å². The third-order valence-electron chi connectivity index (χ3n) is 4.25. The van der Waals surface area contributed by atoms with E-state index in [2.05, 4.69) is 10.1 Å². The van der Waals surface area contributed by atoms with Crippen LogP contribution in [0.4, 0.5) is 0 Å². The lowest BCUT2D eigenvalue weighted by atomic mass is 10.0. The van der Waals surface area contributed by atoms with Crippen LogP contribution in [0.3, 0.4) is 0 Å². The molecule has 0 aromatic carbocycles. The summed E-state index contributed by atoms with van der Waals surface area (Å²) in [4.78, 5) is 19.2. The Hall–Kier alpha value is -1.86. The second kappa shape index (κ2) is 7.36. The summed E-state index contributed by atoms with van der Waals surface area (Å²) in [7, 11) is 3.45. The Bertz CT molecular complexity index is 712. The number of carbonyl (C=O) groups excluding carboxylic acids is 1. The molecule has 2 aromatic heterocycles. The fourth-order valence-corrected chi connectivity index (χ4v) is 3.26. The lowest BCUT2D eigenvalue weighted by Crippen LogP contribution is -2.39. The number of rotatable bonds is 5. The lowest BCUT2D eigenvalue weighted by molar-refractivity contribution is 0.0551. The highest BCUT2D eigenvalue weighted by molar-refractivity contribution is 6.31. The number of carbonyl (C=O) groups is 1. The van der Waals surface area contributed by atoms with Gasteiger partial charge in [0.15, 0.2) is 5.82 Å². The van der Waals surface area contributed by atoms with Crippen molar-refractivity contribution in [2.75, 3.05) is 20.3 Å². The number of likely N-dealkylation sites (tertiary alicyclic amines) is 1. The summed E-state index contributed by atoms with van der Waals surface area (Å²) in [6, 6.07) is 1.50. The van der Waals surface area contributed by atoms with Crippen LogP contribution >= 0.6 is 11.6 Å². The molecule has 130 valence electrons. The van der Waals surface area contributed by atoms with Crippen molar-refractivity contribution in [3.8, 4) is 0 Å². The number of hydrogen-bond acceptors (Lipinski definition) is 5. The normalized spacial score (nSPS) is 18.1. The van der Waals surface area contributed by atoms with E-state index in [0.29, 0.717) is 42.0 Å². The highest BCUT2D eigenvalue weighted by Gasteiger charge is 2.33. The Morgan fingerprint density at radius 2 is 2.33 bits per heavy atom. The molecule has 1 aliphatic rings. The van der Waals surface area contributed by atoms with Crippen LogP contribution in [0, 0.1) is 0 Å². The van der Waals surface area contributed by atoms with Crippen molar-refractivity contribution in [3.63, 3.8) is 0 Å². The minimum Gasteiger partial charge on any atom is -0.384 e. The number of amides is 1. The number of aryl methyl sites for hydroxylation is 1. The molecular formula is C16H21ClN4O3. The van der Waals surface area contributed by atoms with E-state index < -0.39 is 0 Å². The molecule has 2 aromatic rings. The van der Waals surface area contributed by atoms with Crippen LogP contribution in [0.2, 0.25) is 5.02 Å². The van der Waals surface area contributed by atoms with Gasteiger partial charge in [0, 0.05) is 33.3 Å². The van der Waals surface area contributed by atoms with E-state index in [1.807, 2.05) is 11.9 Å². The number of piperidine rings is 1. The van der Waals surface area contributed by atoms with Gasteiger partial charge in [0.05, 0.1) is 11.6 Å². The van der Waals surface area contributed by atoms with Crippen molar-refractivity contribution < 1.29 is 14.1 Å². The minimum absolute atomic E-state index is 0.0641. The summed E-state index contributed by atoms with van der Waals surface area (Å²) in [5.74, 6) is 1.03. The van der Waals surface area contributed by atoms with Gasteiger partial charge in [-0.1, -0.05) is 16.8 Å². The Kier molecular flexibility index (Phi) is 5.20. The molecule has 0 spiro atoms. The van der Waals surface area contributed by atoms with E-state index in [1.54, 1.807) is 23.9 Å². The standard InChI is InChI=1S/C16H21ClN4O3/c1-20-10-11(17)9-13(20)16(22)21-7-4-3-5-12(21)15-18-14(19-24-15)6-8-23-2/h9-10,12H,3-8H2,1-2H3. The molecule has 1 saturated heterocycles. The number of methoxy groups -OCH3 is 1. The van der Waals surface area contributed by atoms with Crippen molar-refractivity contribution in [2.24, 2.45) is 7.05 Å². The number of hydrogen-bond donors (Lipinski definition) is 0. The maximum Gasteiger partial charge on any atom is 0.271 e. The van der Waals surface area contributed by atoms with Crippen LogP contribution in [0.15, 0.2) is 16.8 Å². The van der Waals surface area contributed by atoms with E-state index in [-0.39, 0.29) is 11.9 Å². The molecule has 1 unspecified atom stereocenters. The summed E-state index contributed by atoms with van der Waals surface area (Å²) >= 11 is 6.01. The summed E-state index contributed by atoms with van der Waals surface area (Å²) in [6.45, 7) is 1.20. The number of ether oxygens (including phenoxy) is 1. The smallest absolute Gasteiger partial charge is 0.271 e. The molecule has 1 amide bonds. The molecule has 3 heterocycles. The average Bonchev–Trinajstić information content (AvgIpc) is 3.18. The summed E-state index contributed by atoms with van der Waals surface area (Å²) in [5, 5.41) is 4.54. The maximum absolute atomic E-state index is 12.9. The van der Waals surface area contributed by atoms with Crippen molar-refractivity contribution in [1.29, 1.82) is 0 Å². The first-order chi connectivity index (χ1) is 11.6. The van der Waals surface area contributed by atoms with E-state index in [1.165, 1.54) is 0 Å². The molecule has 3 rings (SSSR count). The van der Waals surface area contributed by atoms with Gasteiger partial charge in [0.25, 0.3) is 5.91 Å². The molecular weight excluding hydrogens is 332 g/mol. The number of nitrogens with zero attached hydrogens (tertiary/aromatic N) is 4. The van der Waals surface area contributed by atoms with Crippen LogP contribution in [0.5, 0.6) is 0 Å². The fraction of sp³-hybridized carbons (Fsp3) is 0.562. The van der Waals surface area contributed by atoms with Crippen molar-refractivity contribution in [2.45, 2.75) is 31.7 Å². The molecule has 0 radical (unpaired) electrons. The van der Waals surface area contributed by atoms with Gasteiger partial charge < -0.3 is 18.7 Å². The van der Waals surface area contributed by atoms with Crippen LogP contribution < -0.4 is 0 Å². The molecule has 0 saturated carbocycles. The first-order valence-electron chi connectivity index (χ1n) is 8.04. The predicted octanol–water partition coefficient (Wildman–Crippen LogP) is 2.62. The lowest BCUT2D eigenvalue weighted by Gasteiger charge is -2.33. The molecule has 24 heavy (non-hydrogen) atoms. The Labute approximate surface area is 145 Å². The third kappa shape index (κ3) is 3.47. The number of halogens is 1. The van der Waals surface area contributed by atoms with Gasteiger partial charge >= 0.3 is 0 Å². The molecule has 1 aliphatic heterocycles. The summed E-state index contributed by atoms with van der Waals surface area (Å²) in [6.07, 6.45) is 5.12. The van der Waals surface area contributed by atoms with Gasteiger partial charge in [-0.05, 0) is 25.3 Å². The van der Waals surface area contributed by atoms with Crippen molar-refractivity contribution >= 4 is 17.5 Å². The fourth-order valence-electron chi connectivity index (χ4n) is 3.01. The van der Waals surface area contributed by atoms with Crippen LogP contribution in [-0.4, -0.2) is 45.8 Å². The average molecular weight is 353 g/mol. The molecule has 0 bridgehead atoms. The first kappa shape index (κ1) is 17.0. The Morgan fingerprint density at radius 3 is 3.04 bits per heavy atom. The van der Waals surface area contributed by atoms with Gasteiger partial charge in [-0.3, -0.25) is 4.79 Å². The molecule has 0 N–H and O–H groups in total. The molecule has 1 fully saturated rings. The van der Waals surface area contributed by atoms with Crippen molar-refractivity contribution in [3.05, 3.63) is 34.7 Å². The molecule has 1 atom stereocenters. The second-order valence-electron chi connectivity index (χ2n) is 5.96. The molecule has 7 nitrogen and oxygen atoms in total. The van der Waals surface area contributed by atoms with Crippen LogP contribution in [0.1, 0.15) is 47.5 Å². The predicted molar refractivity (Wildman–Crippen MR) is 87.9 cm³/mol. The summed E-state index contributed by atoms with van der Waals surface area (Å²) in [5.41, 5.74) is 0.561. The zero-order chi connectivity index (χ0) is 17.1. The van der Waals surface area contributed by atoms with Gasteiger partial charge in [0.1, 0.15) is 11.7 Å². The topological polar surface area (TPSA) is 73.4 Å². The highest BCUT2D eigenvalue weighted by atomic mass is 35.5. The van der Waals surface area contributed by atoms with Gasteiger partial charge in [-0.25, -0.2) is 0 Å². The molecule has 0 aliphatic carbocycles. The highest BCUT2D eigenvalue weighted by Crippen LogP contribution is 2.31. The monoisotopic (exact) mass is 352 g/mol. The van der Waals surface area contributed by atoms with E-state index in [0.717, 1.165) is 19.3 Å². The first-order valence-corrected chi connectivity index (χ1v) is 8.42. The van der Waals surface area contributed by atoms with Crippen LogP contribution in [-0.2, 0) is 18.2 Å². The van der Waals surface area contributed by atoms with Gasteiger partial charge in [-0.2, -0.15) is 4.98 Å². The second-order valence-corrected chi connectivity index (χ2v) is 6.39.